The number of thiophene rings is 1. The minimum absolute atomic E-state index is 0.00467. The number of likely N-dealkylation sites (tertiary alicyclic amines) is 1. The zero-order chi connectivity index (χ0) is 21.0. The van der Waals surface area contributed by atoms with Crippen LogP contribution in [0.5, 0.6) is 0 Å². The predicted molar refractivity (Wildman–Crippen MR) is 132 cm³/mol. The average Bonchev–Trinajstić information content (AvgIpc) is 3.16. The van der Waals surface area contributed by atoms with Gasteiger partial charge in [0.05, 0.1) is 11.7 Å². The number of hydrogen-bond donors (Lipinski definition) is 0. The molecule has 2 heterocycles. The molecule has 0 aliphatic carbocycles. The topological polar surface area (TPSA) is 12.5 Å². The second-order valence-corrected chi connectivity index (χ2v) is 10.8. The quantitative estimate of drug-likeness (QED) is 0.358. The maximum atomic E-state index is 6.53. The highest BCUT2D eigenvalue weighted by Gasteiger charge is 2.36. The molecule has 0 bridgehead atoms. The van der Waals surface area contributed by atoms with E-state index in [0.717, 1.165) is 44.6 Å². The Balaban J connectivity index is 1.33. The lowest BCUT2D eigenvalue weighted by atomic mass is 9.92. The Morgan fingerprint density at radius 2 is 1.80 bits per heavy atom. The number of hydrogen-bond acceptors (Lipinski definition) is 4. The Kier molecular flexibility index (Phi) is 7.20. The van der Waals surface area contributed by atoms with Gasteiger partial charge in [-0.1, -0.05) is 35.9 Å². The minimum Gasteiger partial charge on any atom is -0.371 e. The summed E-state index contributed by atoms with van der Waals surface area (Å²) in [5.74, 6) is 1.04. The van der Waals surface area contributed by atoms with Gasteiger partial charge in [0, 0.05) is 35.0 Å². The van der Waals surface area contributed by atoms with Crippen LogP contribution in [0.3, 0.4) is 0 Å². The number of thioether (sulfide) groups is 1. The summed E-state index contributed by atoms with van der Waals surface area (Å²) in [5.41, 5.74) is 2.81. The highest BCUT2D eigenvalue weighted by molar-refractivity contribution is 7.99. The zero-order valence-corrected chi connectivity index (χ0v) is 20.0. The van der Waals surface area contributed by atoms with Crippen molar-refractivity contribution in [3.8, 4) is 0 Å². The summed E-state index contributed by atoms with van der Waals surface area (Å²) < 4.78 is 7.94. The molecule has 0 unspecified atom stereocenters. The van der Waals surface area contributed by atoms with E-state index in [1.54, 1.807) is 0 Å². The summed E-state index contributed by atoms with van der Waals surface area (Å²) in [6.45, 7) is 9.89. The van der Waals surface area contributed by atoms with Gasteiger partial charge in [-0.05, 0) is 74.6 Å². The average molecular weight is 440 g/mol. The van der Waals surface area contributed by atoms with Gasteiger partial charge in [0.25, 0.3) is 0 Å². The van der Waals surface area contributed by atoms with Crippen molar-refractivity contribution in [2.45, 2.75) is 56.6 Å². The molecule has 0 spiro atoms. The van der Waals surface area contributed by atoms with Crippen molar-refractivity contribution < 1.29 is 4.74 Å². The molecule has 4 heteroatoms. The monoisotopic (exact) mass is 439 g/mol. The van der Waals surface area contributed by atoms with Crippen LogP contribution < -0.4 is 0 Å². The predicted octanol–water partition coefficient (Wildman–Crippen LogP) is 6.80. The van der Waals surface area contributed by atoms with E-state index in [2.05, 4.69) is 79.6 Å². The molecular weight excluding hydrogens is 406 g/mol. The van der Waals surface area contributed by atoms with Crippen LogP contribution in [0.25, 0.3) is 10.1 Å². The standard InChI is InChI=1S/C26H33NOS2/c1-20(2)28-26(19-30-23-10-8-21(3)9-11-23)13-16-27(17-14-26)15-12-22-18-29-25-7-5-4-6-24(22)25/h4-11,18,20H,12-17,19H2,1-3H3. The molecule has 30 heavy (non-hydrogen) atoms. The van der Waals surface area contributed by atoms with E-state index in [0.29, 0.717) is 0 Å². The zero-order valence-electron chi connectivity index (χ0n) is 18.4. The van der Waals surface area contributed by atoms with Crippen LogP contribution in [0.1, 0.15) is 37.8 Å². The third-order valence-electron chi connectivity index (χ3n) is 6.03. The molecule has 1 aliphatic rings. The van der Waals surface area contributed by atoms with E-state index >= 15 is 0 Å². The molecule has 1 saturated heterocycles. The van der Waals surface area contributed by atoms with Crippen LogP contribution in [0.15, 0.2) is 58.8 Å². The molecule has 1 aromatic heterocycles. The second kappa shape index (κ2) is 9.86. The van der Waals surface area contributed by atoms with E-state index in [1.807, 2.05) is 23.1 Å². The third kappa shape index (κ3) is 5.47. The van der Waals surface area contributed by atoms with Gasteiger partial charge in [0.15, 0.2) is 0 Å². The number of piperidine rings is 1. The SMILES string of the molecule is Cc1ccc(SCC2(OC(C)C)CCN(CCc3csc4ccccc34)CC2)cc1. The Labute approximate surface area is 189 Å². The van der Waals surface area contributed by atoms with E-state index in [9.17, 15) is 0 Å². The lowest BCUT2D eigenvalue weighted by molar-refractivity contribution is -0.0963. The molecular formula is C26H33NOS2. The molecule has 3 aromatic rings. The van der Waals surface area contributed by atoms with Crippen molar-refractivity contribution in [1.29, 1.82) is 0 Å². The number of fused-ring (bicyclic) bond motifs is 1. The maximum absolute atomic E-state index is 6.53. The normalized spacial score (nSPS) is 17.1. The maximum Gasteiger partial charge on any atom is 0.0803 e. The highest BCUT2D eigenvalue weighted by atomic mass is 32.2. The minimum atomic E-state index is -0.00467. The Hall–Kier alpha value is -1.33. The summed E-state index contributed by atoms with van der Waals surface area (Å²) in [6, 6.07) is 17.7. The van der Waals surface area contributed by atoms with Gasteiger partial charge in [-0.15, -0.1) is 23.1 Å². The van der Waals surface area contributed by atoms with Gasteiger partial charge in [-0.2, -0.15) is 0 Å². The first-order chi connectivity index (χ1) is 14.5. The largest absolute Gasteiger partial charge is 0.371 e. The first kappa shape index (κ1) is 21.9. The molecule has 4 rings (SSSR count). The molecule has 2 aromatic carbocycles. The highest BCUT2D eigenvalue weighted by Crippen LogP contribution is 2.34. The van der Waals surface area contributed by atoms with Gasteiger partial charge < -0.3 is 9.64 Å². The Morgan fingerprint density at radius 1 is 1.07 bits per heavy atom. The van der Waals surface area contributed by atoms with Crippen LogP contribution in [0.2, 0.25) is 0 Å². The fourth-order valence-electron chi connectivity index (χ4n) is 4.33. The van der Waals surface area contributed by atoms with Crippen LogP contribution in [0.4, 0.5) is 0 Å². The third-order valence-corrected chi connectivity index (χ3v) is 8.32. The van der Waals surface area contributed by atoms with Crippen molar-refractivity contribution in [1.82, 2.24) is 4.90 Å². The Morgan fingerprint density at radius 3 is 2.53 bits per heavy atom. The fraction of sp³-hybridized carbons (Fsp3) is 0.462. The van der Waals surface area contributed by atoms with Crippen molar-refractivity contribution in [2.75, 3.05) is 25.4 Å². The second-order valence-electron chi connectivity index (χ2n) is 8.80. The lowest BCUT2D eigenvalue weighted by Crippen LogP contribution is -2.49. The first-order valence-electron chi connectivity index (χ1n) is 11.1. The van der Waals surface area contributed by atoms with Crippen LogP contribution in [-0.4, -0.2) is 42.0 Å². The van der Waals surface area contributed by atoms with E-state index < -0.39 is 0 Å². The number of rotatable bonds is 8. The number of ether oxygens (including phenoxy) is 1. The summed E-state index contributed by atoms with van der Waals surface area (Å²) in [5, 5.41) is 3.78. The van der Waals surface area contributed by atoms with Gasteiger partial charge in [-0.25, -0.2) is 0 Å². The van der Waals surface area contributed by atoms with Crippen LogP contribution in [0, 0.1) is 6.92 Å². The van der Waals surface area contributed by atoms with Crippen molar-refractivity contribution >= 4 is 33.2 Å². The van der Waals surface area contributed by atoms with Gasteiger partial charge in [-0.3, -0.25) is 0 Å². The molecule has 0 atom stereocenters. The van der Waals surface area contributed by atoms with Gasteiger partial charge in [0.1, 0.15) is 0 Å². The number of aryl methyl sites for hydroxylation is 1. The van der Waals surface area contributed by atoms with Crippen molar-refractivity contribution in [2.24, 2.45) is 0 Å². The number of nitrogens with zero attached hydrogens (tertiary/aromatic N) is 1. The molecule has 0 N–H and O–H groups in total. The number of benzene rings is 2. The molecule has 160 valence electrons. The molecule has 0 saturated carbocycles. The summed E-state index contributed by atoms with van der Waals surface area (Å²) in [7, 11) is 0. The molecule has 1 fully saturated rings. The summed E-state index contributed by atoms with van der Waals surface area (Å²) in [6.07, 6.45) is 3.65. The van der Waals surface area contributed by atoms with Crippen molar-refractivity contribution in [3.63, 3.8) is 0 Å². The molecule has 0 amide bonds. The molecule has 2 nitrogen and oxygen atoms in total. The Bertz CT molecular complexity index is 939. The van der Waals surface area contributed by atoms with E-state index in [-0.39, 0.29) is 11.7 Å². The van der Waals surface area contributed by atoms with Gasteiger partial charge in [0.2, 0.25) is 0 Å². The molecule has 0 radical (unpaired) electrons. The van der Waals surface area contributed by atoms with Crippen LogP contribution >= 0.6 is 23.1 Å². The van der Waals surface area contributed by atoms with E-state index in [1.165, 1.54) is 26.1 Å². The fourth-order valence-corrected chi connectivity index (χ4v) is 6.45. The van der Waals surface area contributed by atoms with E-state index in [4.69, 9.17) is 4.74 Å². The van der Waals surface area contributed by atoms with Gasteiger partial charge >= 0.3 is 0 Å². The van der Waals surface area contributed by atoms with Crippen LogP contribution in [-0.2, 0) is 11.2 Å². The lowest BCUT2D eigenvalue weighted by Gasteiger charge is -2.42. The van der Waals surface area contributed by atoms with Crippen molar-refractivity contribution in [3.05, 3.63) is 65.0 Å². The first-order valence-corrected chi connectivity index (χ1v) is 12.9. The molecule has 1 aliphatic heterocycles. The summed E-state index contributed by atoms with van der Waals surface area (Å²) >= 11 is 3.82. The summed E-state index contributed by atoms with van der Waals surface area (Å²) in [4.78, 5) is 3.98. The smallest absolute Gasteiger partial charge is 0.0803 e.